The molecule has 2 atom stereocenters. The average Bonchev–Trinajstić information content (AvgIpc) is 3.43. The van der Waals surface area contributed by atoms with Gasteiger partial charge in [-0.2, -0.15) is 13.2 Å². The predicted octanol–water partition coefficient (Wildman–Crippen LogP) is 8.17. The Hall–Kier alpha value is -3.62. The minimum Gasteiger partial charge on any atom is -0.489 e. The summed E-state index contributed by atoms with van der Waals surface area (Å²) in [5.74, 6) is -0.619. The van der Waals surface area contributed by atoms with Crippen molar-refractivity contribution in [3.8, 4) is 5.75 Å². The molecule has 0 saturated carbocycles. The van der Waals surface area contributed by atoms with Crippen LogP contribution in [0, 0.1) is 17.1 Å². The number of benzene rings is 2. The van der Waals surface area contributed by atoms with Crippen LogP contribution in [0.5, 0.6) is 5.75 Å². The van der Waals surface area contributed by atoms with Gasteiger partial charge in [0, 0.05) is 17.8 Å². The van der Waals surface area contributed by atoms with Crippen molar-refractivity contribution in [2.45, 2.75) is 66.1 Å². The molecule has 1 aliphatic heterocycles. The van der Waals surface area contributed by atoms with Crippen molar-refractivity contribution in [2.75, 3.05) is 13.2 Å². The Labute approximate surface area is 234 Å². The summed E-state index contributed by atoms with van der Waals surface area (Å²) in [6, 6.07) is 9.52. The van der Waals surface area contributed by atoms with Crippen molar-refractivity contribution in [3.05, 3.63) is 77.1 Å². The molecule has 1 fully saturated rings. The molecule has 5 nitrogen and oxygen atoms in total. The zero-order valence-corrected chi connectivity index (χ0v) is 23.9. The second kappa shape index (κ2) is 15.2. The summed E-state index contributed by atoms with van der Waals surface area (Å²) >= 11 is 0. The summed E-state index contributed by atoms with van der Waals surface area (Å²) in [5.41, 5.74) is 7.17. The molecule has 0 amide bonds. The van der Waals surface area contributed by atoms with Crippen molar-refractivity contribution in [1.29, 1.82) is 5.41 Å². The lowest BCUT2D eigenvalue weighted by atomic mass is 9.94. The maximum absolute atomic E-state index is 14.0. The van der Waals surface area contributed by atoms with Gasteiger partial charge in [0.05, 0.1) is 17.3 Å². The Morgan fingerprint density at radius 2 is 1.88 bits per heavy atom. The zero-order chi connectivity index (χ0) is 29.9. The van der Waals surface area contributed by atoms with Crippen molar-refractivity contribution >= 4 is 23.4 Å². The molecule has 0 aliphatic carbocycles. The highest BCUT2D eigenvalue weighted by atomic mass is 19.4. The third-order valence-electron chi connectivity index (χ3n) is 6.64. The van der Waals surface area contributed by atoms with E-state index in [0.717, 1.165) is 31.0 Å². The summed E-state index contributed by atoms with van der Waals surface area (Å²) in [5, 5.41) is 7.93. The Balaban J connectivity index is 0.00000274. The molecular formula is C31H40F4N4O. The van der Waals surface area contributed by atoms with Crippen LogP contribution in [0.3, 0.4) is 0 Å². The number of rotatable bonds is 9. The van der Waals surface area contributed by atoms with E-state index in [9.17, 15) is 17.6 Å². The number of ether oxygens (including phenoxy) is 1. The van der Waals surface area contributed by atoms with E-state index in [1.54, 1.807) is 48.3 Å². The van der Waals surface area contributed by atoms with Gasteiger partial charge in [-0.05, 0) is 74.1 Å². The summed E-state index contributed by atoms with van der Waals surface area (Å²) in [6.07, 6.45) is 2.73. The molecule has 1 heterocycles. The third-order valence-corrected chi connectivity index (χ3v) is 6.64. The number of nitrogens with one attached hydrogen (secondary N) is 1. The van der Waals surface area contributed by atoms with Gasteiger partial charge < -0.3 is 15.4 Å². The SMILES string of the molecule is C/C=C(\N=C(C(C)CC)C1CCCN1C(=N)N)c1ccc(OC/C=C/c2ccc(F)cc2)c(C(F)(F)F)c1.CC. The van der Waals surface area contributed by atoms with Gasteiger partial charge in [-0.3, -0.25) is 10.4 Å². The van der Waals surface area contributed by atoms with E-state index in [2.05, 4.69) is 0 Å². The molecule has 0 bridgehead atoms. The highest BCUT2D eigenvalue weighted by molar-refractivity contribution is 5.98. The lowest BCUT2D eigenvalue weighted by molar-refractivity contribution is -0.138. The molecule has 0 aromatic heterocycles. The molecule has 1 aliphatic rings. The summed E-state index contributed by atoms with van der Waals surface area (Å²) in [7, 11) is 0. The number of nitrogens with two attached hydrogens (primary N) is 1. The van der Waals surface area contributed by atoms with Crippen LogP contribution in [0.25, 0.3) is 11.8 Å². The first-order valence-electron chi connectivity index (χ1n) is 13.7. The Morgan fingerprint density at radius 3 is 2.45 bits per heavy atom. The molecule has 2 aromatic rings. The molecule has 2 unspecified atom stereocenters. The number of allylic oxidation sites excluding steroid dienone is 1. The van der Waals surface area contributed by atoms with E-state index in [1.165, 1.54) is 18.2 Å². The minimum atomic E-state index is -4.63. The highest BCUT2D eigenvalue weighted by Crippen LogP contribution is 2.38. The smallest absolute Gasteiger partial charge is 0.419 e. The van der Waals surface area contributed by atoms with Crippen LogP contribution < -0.4 is 10.5 Å². The molecule has 9 heteroatoms. The van der Waals surface area contributed by atoms with E-state index >= 15 is 0 Å². The van der Waals surface area contributed by atoms with Crippen LogP contribution in [0.2, 0.25) is 0 Å². The molecule has 1 saturated heterocycles. The van der Waals surface area contributed by atoms with Crippen LogP contribution >= 0.6 is 0 Å². The number of hydrogen-bond donors (Lipinski definition) is 2. The van der Waals surface area contributed by atoms with Crippen LogP contribution in [-0.4, -0.2) is 35.8 Å². The molecule has 0 radical (unpaired) electrons. The Morgan fingerprint density at radius 1 is 1.20 bits per heavy atom. The molecule has 3 N–H and O–H groups in total. The minimum absolute atomic E-state index is 0.0279. The van der Waals surface area contributed by atoms with Crippen molar-refractivity contribution in [3.63, 3.8) is 0 Å². The average molecular weight is 561 g/mol. The van der Waals surface area contributed by atoms with Crippen LogP contribution in [0.1, 0.15) is 70.6 Å². The van der Waals surface area contributed by atoms with Gasteiger partial charge in [0.1, 0.15) is 18.2 Å². The summed E-state index contributed by atoms with van der Waals surface area (Å²) < 4.78 is 60.5. The molecule has 218 valence electrons. The lowest BCUT2D eigenvalue weighted by Crippen LogP contribution is -2.45. The number of halogens is 4. The Bertz CT molecular complexity index is 1200. The van der Waals surface area contributed by atoms with E-state index in [-0.39, 0.29) is 36.1 Å². The number of aliphatic imine (C=N–C) groups is 1. The van der Waals surface area contributed by atoms with E-state index in [1.807, 2.05) is 27.7 Å². The van der Waals surface area contributed by atoms with Gasteiger partial charge in [0.15, 0.2) is 5.96 Å². The van der Waals surface area contributed by atoms with Crippen LogP contribution in [0.4, 0.5) is 17.6 Å². The molecule has 40 heavy (non-hydrogen) atoms. The summed E-state index contributed by atoms with van der Waals surface area (Å²) in [4.78, 5) is 6.66. The molecule has 2 aromatic carbocycles. The van der Waals surface area contributed by atoms with Crippen LogP contribution in [0.15, 0.2) is 59.6 Å². The number of guanidine groups is 1. The first-order chi connectivity index (χ1) is 19.0. The maximum Gasteiger partial charge on any atom is 0.419 e. The molecule has 0 spiro atoms. The summed E-state index contributed by atoms with van der Waals surface area (Å²) in [6.45, 7) is 10.4. The second-order valence-electron chi connectivity index (χ2n) is 9.23. The number of alkyl halides is 3. The van der Waals surface area contributed by atoms with Gasteiger partial charge in [0.2, 0.25) is 0 Å². The standard InChI is InChI=1S/C29H34F4N4O.C2H6/c1-4-19(3)27(25-9-6-16-37(25)28(34)35)36-24(5-2)21-12-15-26(23(18-21)29(31,32)33)38-17-7-8-20-10-13-22(30)14-11-20;1-2/h5,7-8,10-15,18-19,25H,4,6,9,16-17H2,1-3H3,(H3,34,35);1-2H3/b8-7+,24-5-,36-27?;. The fraction of sp³-hybridized carbons (Fsp3) is 0.419. The van der Waals surface area contributed by atoms with Gasteiger partial charge in [0.25, 0.3) is 0 Å². The van der Waals surface area contributed by atoms with Crippen molar-refractivity contribution in [1.82, 2.24) is 4.90 Å². The lowest BCUT2D eigenvalue weighted by Gasteiger charge is -2.29. The van der Waals surface area contributed by atoms with Crippen molar-refractivity contribution < 1.29 is 22.3 Å². The van der Waals surface area contributed by atoms with E-state index < -0.39 is 11.7 Å². The largest absolute Gasteiger partial charge is 0.489 e. The monoisotopic (exact) mass is 560 g/mol. The van der Waals surface area contributed by atoms with E-state index in [4.69, 9.17) is 20.9 Å². The maximum atomic E-state index is 14.0. The van der Waals surface area contributed by atoms with Gasteiger partial charge in [-0.15, -0.1) is 0 Å². The molecule has 3 rings (SSSR count). The first-order valence-corrected chi connectivity index (χ1v) is 13.7. The number of nitrogens with zero attached hydrogens (tertiary/aromatic N) is 2. The molecular weight excluding hydrogens is 520 g/mol. The van der Waals surface area contributed by atoms with E-state index in [0.29, 0.717) is 23.4 Å². The van der Waals surface area contributed by atoms with Crippen LogP contribution in [-0.2, 0) is 6.18 Å². The zero-order valence-electron chi connectivity index (χ0n) is 23.9. The van der Waals surface area contributed by atoms with Gasteiger partial charge in [-0.1, -0.05) is 52.0 Å². The topological polar surface area (TPSA) is 74.7 Å². The van der Waals surface area contributed by atoms with Gasteiger partial charge in [-0.25, -0.2) is 4.39 Å². The normalized spacial score (nSPS) is 17.0. The first kappa shape index (κ1) is 32.6. The Kier molecular flexibility index (Phi) is 12.4. The second-order valence-corrected chi connectivity index (χ2v) is 9.23. The van der Waals surface area contributed by atoms with Crippen molar-refractivity contribution in [2.24, 2.45) is 16.6 Å². The fourth-order valence-corrected chi connectivity index (χ4v) is 4.45. The number of likely N-dealkylation sites (tertiary alicyclic amines) is 1. The quantitative estimate of drug-likeness (QED) is 0.185. The highest BCUT2D eigenvalue weighted by Gasteiger charge is 2.35. The third kappa shape index (κ3) is 8.69. The number of hydrogen-bond acceptors (Lipinski definition) is 3. The fourth-order valence-electron chi connectivity index (χ4n) is 4.45. The predicted molar refractivity (Wildman–Crippen MR) is 156 cm³/mol. The van der Waals surface area contributed by atoms with Gasteiger partial charge >= 0.3 is 6.18 Å².